The molecule has 2 rings (SSSR count). The lowest BCUT2D eigenvalue weighted by Gasteiger charge is -2.24. The van der Waals surface area contributed by atoms with Gasteiger partial charge in [-0.1, -0.05) is 31.1 Å². The molecule has 3 N–H and O–H groups in total. The summed E-state index contributed by atoms with van der Waals surface area (Å²) in [5, 5.41) is 11.8. The first-order valence-corrected chi connectivity index (χ1v) is 7.82. The third kappa shape index (κ3) is 4.46. The van der Waals surface area contributed by atoms with Gasteiger partial charge >= 0.3 is 0 Å². The Bertz CT molecular complexity index is 507. The Hall–Kier alpha value is -1.55. The molecule has 0 spiro atoms. The second-order valence-corrected chi connectivity index (χ2v) is 6.51. The van der Waals surface area contributed by atoms with Crippen LogP contribution in [0, 0.1) is 12.8 Å². The second kappa shape index (κ2) is 6.94. The minimum absolute atomic E-state index is 0.170. The van der Waals surface area contributed by atoms with E-state index in [4.69, 9.17) is 10.9 Å². The Morgan fingerprint density at radius 2 is 2.14 bits per heavy atom. The highest BCUT2D eigenvalue weighted by Crippen LogP contribution is 2.29. The van der Waals surface area contributed by atoms with E-state index in [1.54, 1.807) is 0 Å². The predicted molar refractivity (Wildman–Crippen MR) is 86.6 cm³/mol. The Balaban J connectivity index is 2.06. The number of nitrogens with zero attached hydrogens (tertiary/aromatic N) is 2. The van der Waals surface area contributed by atoms with Crippen molar-refractivity contribution in [3.05, 3.63) is 34.9 Å². The summed E-state index contributed by atoms with van der Waals surface area (Å²) in [6.07, 6.45) is 3.91. The van der Waals surface area contributed by atoms with Crippen molar-refractivity contribution in [3.8, 4) is 0 Å². The molecule has 0 aromatic heterocycles. The summed E-state index contributed by atoms with van der Waals surface area (Å²) in [6.45, 7) is 8.82. The van der Waals surface area contributed by atoms with Gasteiger partial charge in [0.25, 0.3) is 0 Å². The summed E-state index contributed by atoms with van der Waals surface area (Å²) >= 11 is 0. The molecule has 1 saturated carbocycles. The van der Waals surface area contributed by atoms with E-state index in [0.29, 0.717) is 0 Å². The van der Waals surface area contributed by atoms with Crippen LogP contribution >= 0.6 is 0 Å². The van der Waals surface area contributed by atoms with Crippen molar-refractivity contribution in [2.24, 2.45) is 16.8 Å². The number of hydrogen-bond donors (Lipinski definition) is 2. The van der Waals surface area contributed by atoms with Crippen molar-refractivity contribution in [1.29, 1.82) is 0 Å². The molecular weight excluding hydrogens is 262 g/mol. The van der Waals surface area contributed by atoms with Crippen molar-refractivity contribution in [2.75, 3.05) is 6.54 Å². The fraction of sp³-hybridized carbons (Fsp3) is 0.588. The molecule has 1 aromatic rings. The highest BCUT2D eigenvalue weighted by molar-refractivity contribution is 5.97. The van der Waals surface area contributed by atoms with Crippen LogP contribution < -0.4 is 5.73 Å². The average molecular weight is 289 g/mol. The summed E-state index contributed by atoms with van der Waals surface area (Å²) in [5.74, 6) is 0.916. The van der Waals surface area contributed by atoms with Gasteiger partial charge in [0.2, 0.25) is 0 Å². The largest absolute Gasteiger partial charge is 0.409 e. The number of oxime groups is 1. The van der Waals surface area contributed by atoms with Crippen molar-refractivity contribution < 1.29 is 5.21 Å². The second-order valence-electron chi connectivity index (χ2n) is 6.51. The maximum atomic E-state index is 8.75. The summed E-state index contributed by atoms with van der Waals surface area (Å²) in [5.41, 5.74) is 8.96. The molecule has 1 fully saturated rings. The van der Waals surface area contributed by atoms with Crippen LogP contribution in [0.25, 0.3) is 0 Å². The quantitative estimate of drug-likeness (QED) is 0.351. The van der Waals surface area contributed by atoms with E-state index in [9.17, 15) is 0 Å². The first-order valence-electron chi connectivity index (χ1n) is 7.82. The van der Waals surface area contributed by atoms with Crippen LogP contribution in [0.4, 0.5) is 0 Å². The molecule has 1 aliphatic carbocycles. The molecule has 116 valence electrons. The maximum Gasteiger partial charge on any atom is 0.170 e. The van der Waals surface area contributed by atoms with Gasteiger partial charge in [-0.15, -0.1) is 0 Å². The molecule has 0 bridgehead atoms. The molecule has 0 heterocycles. The summed E-state index contributed by atoms with van der Waals surface area (Å²) in [6, 6.07) is 6.81. The number of nitrogens with two attached hydrogens (primary N) is 1. The van der Waals surface area contributed by atoms with Crippen LogP contribution in [0.2, 0.25) is 0 Å². The molecule has 0 amide bonds. The van der Waals surface area contributed by atoms with Gasteiger partial charge < -0.3 is 10.9 Å². The SMILES string of the molecule is Cc1cc(/C(N)=N/O)ccc1CN(CCC(C)C)C1CC1. The molecule has 0 unspecified atom stereocenters. The predicted octanol–water partition coefficient (Wildman–Crippen LogP) is 3.10. The van der Waals surface area contributed by atoms with E-state index in [0.717, 1.165) is 24.1 Å². The molecule has 4 nitrogen and oxygen atoms in total. The smallest absolute Gasteiger partial charge is 0.170 e. The standard InChI is InChI=1S/C17H27N3O/c1-12(2)8-9-20(16-6-7-16)11-15-5-4-14(10-13(15)3)17(18)19-21/h4-5,10,12,16,21H,6-9,11H2,1-3H3,(H2,18,19). The van der Waals surface area contributed by atoms with Gasteiger partial charge in [-0.2, -0.15) is 0 Å². The molecular formula is C17H27N3O. The van der Waals surface area contributed by atoms with Gasteiger partial charge in [0.15, 0.2) is 5.84 Å². The third-order valence-electron chi connectivity index (χ3n) is 4.18. The normalized spacial score (nSPS) is 16.0. The van der Waals surface area contributed by atoms with Crippen LogP contribution in [0.15, 0.2) is 23.4 Å². The molecule has 0 radical (unpaired) electrons. The van der Waals surface area contributed by atoms with E-state index < -0.39 is 0 Å². The van der Waals surface area contributed by atoms with Gasteiger partial charge in [0, 0.05) is 18.2 Å². The van der Waals surface area contributed by atoms with Crippen LogP contribution in [-0.2, 0) is 6.54 Å². The molecule has 4 heteroatoms. The zero-order valence-corrected chi connectivity index (χ0v) is 13.3. The summed E-state index contributed by atoms with van der Waals surface area (Å²) < 4.78 is 0. The minimum atomic E-state index is 0.170. The van der Waals surface area contributed by atoms with E-state index >= 15 is 0 Å². The van der Waals surface area contributed by atoms with E-state index in [2.05, 4.69) is 36.9 Å². The monoisotopic (exact) mass is 289 g/mol. The van der Waals surface area contributed by atoms with E-state index in [1.165, 1.54) is 36.9 Å². The first kappa shape index (κ1) is 15.8. The maximum absolute atomic E-state index is 8.75. The molecule has 1 aromatic carbocycles. The first-order chi connectivity index (χ1) is 10.0. The molecule has 0 aliphatic heterocycles. The van der Waals surface area contributed by atoms with Gasteiger partial charge in [-0.25, -0.2) is 0 Å². The number of amidine groups is 1. The Morgan fingerprint density at radius 1 is 1.43 bits per heavy atom. The molecule has 21 heavy (non-hydrogen) atoms. The van der Waals surface area contributed by atoms with Gasteiger partial charge in [0.05, 0.1) is 0 Å². The van der Waals surface area contributed by atoms with Crippen LogP contribution in [0.3, 0.4) is 0 Å². The van der Waals surface area contributed by atoms with Crippen molar-refractivity contribution in [1.82, 2.24) is 4.90 Å². The Kier molecular flexibility index (Phi) is 5.23. The van der Waals surface area contributed by atoms with Crippen LogP contribution in [-0.4, -0.2) is 28.5 Å². The highest BCUT2D eigenvalue weighted by atomic mass is 16.4. The Labute approximate surface area is 127 Å². The third-order valence-corrected chi connectivity index (χ3v) is 4.18. The number of aryl methyl sites for hydroxylation is 1. The molecule has 1 aliphatic rings. The zero-order chi connectivity index (χ0) is 15.4. The highest BCUT2D eigenvalue weighted by Gasteiger charge is 2.28. The van der Waals surface area contributed by atoms with Crippen molar-refractivity contribution in [2.45, 2.75) is 52.6 Å². The number of hydrogen-bond acceptors (Lipinski definition) is 3. The lowest BCUT2D eigenvalue weighted by Crippen LogP contribution is -2.28. The van der Waals surface area contributed by atoms with Gasteiger partial charge in [-0.3, -0.25) is 4.90 Å². The fourth-order valence-corrected chi connectivity index (χ4v) is 2.56. The van der Waals surface area contributed by atoms with Crippen LogP contribution in [0.5, 0.6) is 0 Å². The average Bonchev–Trinajstić information content (AvgIpc) is 3.28. The Morgan fingerprint density at radius 3 is 2.67 bits per heavy atom. The van der Waals surface area contributed by atoms with E-state index in [1.807, 2.05) is 12.1 Å². The van der Waals surface area contributed by atoms with Gasteiger partial charge in [-0.05, 0) is 55.8 Å². The number of benzene rings is 1. The minimum Gasteiger partial charge on any atom is -0.409 e. The lowest BCUT2D eigenvalue weighted by molar-refractivity contribution is 0.239. The topological polar surface area (TPSA) is 61.9 Å². The zero-order valence-electron chi connectivity index (χ0n) is 13.3. The van der Waals surface area contributed by atoms with Crippen molar-refractivity contribution in [3.63, 3.8) is 0 Å². The van der Waals surface area contributed by atoms with E-state index in [-0.39, 0.29) is 5.84 Å². The molecule has 0 atom stereocenters. The number of rotatable bonds is 7. The lowest BCUT2D eigenvalue weighted by atomic mass is 10.0. The van der Waals surface area contributed by atoms with Crippen LogP contribution in [0.1, 0.15) is 49.8 Å². The summed E-state index contributed by atoms with van der Waals surface area (Å²) in [7, 11) is 0. The molecule has 0 saturated heterocycles. The fourth-order valence-electron chi connectivity index (χ4n) is 2.56. The summed E-state index contributed by atoms with van der Waals surface area (Å²) in [4.78, 5) is 2.60. The van der Waals surface area contributed by atoms with Crippen molar-refractivity contribution >= 4 is 5.84 Å². The van der Waals surface area contributed by atoms with Gasteiger partial charge in [0.1, 0.15) is 0 Å².